The van der Waals surface area contributed by atoms with E-state index in [0.29, 0.717) is 6.17 Å². The molecule has 0 aromatic heterocycles. The fraction of sp³-hybridized carbons (Fsp3) is 0.571. The number of hydrogen-bond donors (Lipinski definition) is 3. The molecular weight excluding hydrogens is 244 g/mol. The van der Waals surface area contributed by atoms with E-state index >= 15 is 0 Å². The second-order valence-corrected chi connectivity index (χ2v) is 6.04. The monoisotopic (exact) mass is 264 g/mol. The molecule has 0 amide bonds. The molecular formula is C14H20N2OS. The number of aliphatic hydroxyl groups excluding tert-OH is 1. The first kappa shape index (κ1) is 12.3. The zero-order valence-electron chi connectivity index (χ0n) is 10.5. The van der Waals surface area contributed by atoms with Crippen molar-refractivity contribution < 1.29 is 5.11 Å². The highest BCUT2D eigenvalue weighted by atomic mass is 32.2. The van der Waals surface area contributed by atoms with Gasteiger partial charge in [0.15, 0.2) is 0 Å². The molecule has 1 saturated carbocycles. The van der Waals surface area contributed by atoms with Crippen LogP contribution in [-0.4, -0.2) is 11.3 Å². The van der Waals surface area contributed by atoms with E-state index in [0.717, 1.165) is 16.4 Å². The Kier molecular flexibility index (Phi) is 3.77. The number of anilines is 1. The molecule has 0 spiro atoms. The van der Waals surface area contributed by atoms with Crippen molar-refractivity contribution in [3.05, 3.63) is 23.8 Å². The van der Waals surface area contributed by atoms with E-state index in [1.807, 2.05) is 12.1 Å². The van der Waals surface area contributed by atoms with Crippen LogP contribution in [-0.2, 0) is 6.61 Å². The summed E-state index contributed by atoms with van der Waals surface area (Å²) in [6.45, 7) is 0.105. The zero-order valence-corrected chi connectivity index (χ0v) is 11.3. The lowest BCUT2D eigenvalue weighted by molar-refractivity contribution is 0.278. The van der Waals surface area contributed by atoms with Crippen molar-refractivity contribution in [2.45, 2.75) is 49.8 Å². The maximum absolute atomic E-state index is 9.34. The van der Waals surface area contributed by atoms with Crippen LogP contribution >= 0.6 is 11.9 Å². The predicted molar refractivity (Wildman–Crippen MR) is 75.3 cm³/mol. The van der Waals surface area contributed by atoms with Crippen LogP contribution in [0.3, 0.4) is 0 Å². The van der Waals surface area contributed by atoms with Crippen LogP contribution in [0.25, 0.3) is 0 Å². The van der Waals surface area contributed by atoms with Gasteiger partial charge in [0.2, 0.25) is 0 Å². The first-order valence-corrected chi connectivity index (χ1v) is 7.62. The van der Waals surface area contributed by atoms with Gasteiger partial charge in [-0.1, -0.05) is 31.4 Å². The minimum atomic E-state index is 0.105. The summed E-state index contributed by atoms with van der Waals surface area (Å²) >= 11 is 1.67. The van der Waals surface area contributed by atoms with Gasteiger partial charge in [0.25, 0.3) is 0 Å². The molecule has 98 valence electrons. The Morgan fingerprint density at radius 2 is 2.06 bits per heavy atom. The maximum Gasteiger partial charge on any atom is 0.0891 e. The summed E-state index contributed by atoms with van der Waals surface area (Å²) in [6, 6.07) is 6.11. The molecule has 3 rings (SSSR count). The standard InChI is InChI=1S/C14H20N2OS/c17-9-11-7-4-8-12-13(11)18-16-14(15-12)10-5-2-1-3-6-10/h4,7-8,10,14-17H,1-3,5-6,9H2. The van der Waals surface area contributed by atoms with Crippen molar-refractivity contribution in [1.82, 2.24) is 4.72 Å². The Hall–Kier alpha value is -0.710. The molecule has 1 atom stereocenters. The Morgan fingerprint density at radius 1 is 1.22 bits per heavy atom. The van der Waals surface area contributed by atoms with Gasteiger partial charge in [-0.2, -0.15) is 0 Å². The van der Waals surface area contributed by atoms with E-state index < -0.39 is 0 Å². The highest BCUT2D eigenvalue weighted by molar-refractivity contribution is 7.97. The van der Waals surface area contributed by atoms with Gasteiger partial charge in [0.1, 0.15) is 0 Å². The van der Waals surface area contributed by atoms with E-state index in [1.54, 1.807) is 11.9 Å². The van der Waals surface area contributed by atoms with E-state index in [1.165, 1.54) is 37.8 Å². The number of hydrogen-bond acceptors (Lipinski definition) is 4. The Balaban J connectivity index is 1.76. The highest BCUT2D eigenvalue weighted by Crippen LogP contribution is 2.37. The van der Waals surface area contributed by atoms with Gasteiger partial charge >= 0.3 is 0 Å². The third kappa shape index (κ3) is 2.37. The predicted octanol–water partition coefficient (Wildman–Crippen LogP) is 3.11. The Bertz CT molecular complexity index is 418. The Labute approximate surface area is 112 Å². The normalized spacial score (nSPS) is 24.4. The molecule has 1 unspecified atom stereocenters. The number of benzene rings is 1. The molecule has 0 saturated heterocycles. The van der Waals surface area contributed by atoms with Crippen molar-refractivity contribution in [2.24, 2.45) is 5.92 Å². The molecule has 4 heteroatoms. The number of nitrogens with one attached hydrogen (secondary N) is 2. The average Bonchev–Trinajstić information content (AvgIpc) is 2.47. The van der Waals surface area contributed by atoms with Crippen molar-refractivity contribution in [3.8, 4) is 0 Å². The van der Waals surface area contributed by atoms with Crippen LogP contribution in [0.4, 0.5) is 5.69 Å². The van der Waals surface area contributed by atoms with Crippen molar-refractivity contribution >= 4 is 17.6 Å². The van der Waals surface area contributed by atoms with Gasteiger partial charge in [-0.15, -0.1) is 0 Å². The van der Waals surface area contributed by atoms with Gasteiger partial charge in [-0.25, -0.2) is 4.72 Å². The summed E-state index contributed by atoms with van der Waals surface area (Å²) in [5.41, 5.74) is 2.17. The van der Waals surface area contributed by atoms with Crippen LogP contribution in [0.15, 0.2) is 23.1 Å². The largest absolute Gasteiger partial charge is 0.392 e. The third-order valence-electron chi connectivity index (χ3n) is 3.99. The molecule has 0 radical (unpaired) electrons. The first-order chi connectivity index (χ1) is 8.88. The van der Waals surface area contributed by atoms with Crippen molar-refractivity contribution in [2.75, 3.05) is 5.32 Å². The molecule has 18 heavy (non-hydrogen) atoms. The smallest absolute Gasteiger partial charge is 0.0891 e. The molecule has 1 fully saturated rings. The third-order valence-corrected chi connectivity index (χ3v) is 5.05. The van der Waals surface area contributed by atoms with Gasteiger partial charge in [-0.05, 0) is 42.3 Å². The van der Waals surface area contributed by atoms with Crippen molar-refractivity contribution in [1.29, 1.82) is 0 Å². The van der Waals surface area contributed by atoms with Gasteiger partial charge in [0.05, 0.1) is 23.4 Å². The molecule has 3 N–H and O–H groups in total. The van der Waals surface area contributed by atoms with Gasteiger partial charge < -0.3 is 10.4 Å². The van der Waals surface area contributed by atoms with Gasteiger partial charge in [-0.3, -0.25) is 0 Å². The Morgan fingerprint density at radius 3 is 2.83 bits per heavy atom. The molecule has 1 aromatic rings. The van der Waals surface area contributed by atoms with E-state index in [9.17, 15) is 5.11 Å². The summed E-state index contributed by atoms with van der Waals surface area (Å²) in [5.74, 6) is 0.734. The molecule has 1 aliphatic carbocycles. The minimum absolute atomic E-state index is 0.105. The zero-order chi connectivity index (χ0) is 12.4. The molecule has 2 aliphatic rings. The summed E-state index contributed by atoms with van der Waals surface area (Å²) < 4.78 is 3.51. The molecule has 1 heterocycles. The molecule has 1 aromatic carbocycles. The molecule has 0 bridgehead atoms. The lowest BCUT2D eigenvalue weighted by atomic mass is 9.87. The van der Waals surface area contributed by atoms with Crippen LogP contribution in [0.2, 0.25) is 0 Å². The SMILES string of the molecule is OCc1cccc2c1SNC(C1CCCCC1)N2. The summed E-state index contributed by atoms with van der Waals surface area (Å²) in [5, 5.41) is 12.9. The van der Waals surface area contributed by atoms with Gasteiger partial charge in [0, 0.05) is 0 Å². The fourth-order valence-electron chi connectivity index (χ4n) is 2.94. The second-order valence-electron chi connectivity index (χ2n) is 5.19. The topological polar surface area (TPSA) is 44.3 Å². The summed E-state index contributed by atoms with van der Waals surface area (Å²) in [4.78, 5) is 1.15. The van der Waals surface area contributed by atoms with Crippen LogP contribution in [0.1, 0.15) is 37.7 Å². The van der Waals surface area contributed by atoms with Crippen molar-refractivity contribution in [3.63, 3.8) is 0 Å². The maximum atomic E-state index is 9.34. The second kappa shape index (κ2) is 5.51. The number of rotatable bonds is 2. The quantitative estimate of drug-likeness (QED) is 0.718. The lowest BCUT2D eigenvalue weighted by Gasteiger charge is -2.36. The number of aliphatic hydroxyl groups is 1. The van der Waals surface area contributed by atoms with Crippen LogP contribution in [0, 0.1) is 5.92 Å². The highest BCUT2D eigenvalue weighted by Gasteiger charge is 2.27. The summed E-state index contributed by atoms with van der Waals surface area (Å²) in [7, 11) is 0. The van der Waals surface area contributed by atoms with E-state index in [-0.39, 0.29) is 6.61 Å². The average molecular weight is 264 g/mol. The number of fused-ring (bicyclic) bond motifs is 1. The molecule has 3 nitrogen and oxygen atoms in total. The van der Waals surface area contributed by atoms with Crippen LogP contribution < -0.4 is 10.0 Å². The first-order valence-electron chi connectivity index (χ1n) is 6.80. The minimum Gasteiger partial charge on any atom is -0.392 e. The summed E-state index contributed by atoms with van der Waals surface area (Å²) in [6.07, 6.45) is 7.12. The lowest BCUT2D eigenvalue weighted by Crippen LogP contribution is -2.42. The fourth-order valence-corrected chi connectivity index (χ4v) is 3.94. The van der Waals surface area contributed by atoms with Crippen LogP contribution in [0.5, 0.6) is 0 Å². The molecule has 1 aliphatic heterocycles. The van der Waals surface area contributed by atoms with E-state index in [4.69, 9.17) is 0 Å². The van der Waals surface area contributed by atoms with E-state index in [2.05, 4.69) is 16.1 Å².